The number of aliphatic carboxylic acids is 1. The van der Waals surface area contributed by atoms with E-state index in [-0.39, 0.29) is 12.1 Å². The molecule has 7 heteroatoms. The first-order valence-electron chi connectivity index (χ1n) is 4.91. The summed E-state index contributed by atoms with van der Waals surface area (Å²) in [7, 11) is 0. The minimum atomic E-state index is -1.02. The summed E-state index contributed by atoms with van der Waals surface area (Å²) in [6.07, 6.45) is 3.94. The molecule has 0 spiro atoms. The zero-order chi connectivity index (χ0) is 12.8. The third-order valence-corrected chi connectivity index (χ3v) is 2.43. The molecule has 17 heavy (non-hydrogen) atoms. The number of hydrogen-bond acceptors (Lipinski definition) is 4. The molecule has 1 aromatic heterocycles. The Kier molecular flexibility index (Phi) is 4.65. The molecule has 3 N–H and O–H groups in total. The summed E-state index contributed by atoms with van der Waals surface area (Å²) in [5.74, 6) is -1.02. The largest absolute Gasteiger partial charge is 0.478 e. The molecule has 0 atom stereocenters. The Balaban J connectivity index is 2.56. The summed E-state index contributed by atoms with van der Waals surface area (Å²) >= 11 is 1.20. The van der Waals surface area contributed by atoms with Crippen LogP contribution in [0.25, 0.3) is 6.08 Å². The van der Waals surface area contributed by atoms with Crippen molar-refractivity contribution < 1.29 is 14.7 Å². The zero-order valence-corrected chi connectivity index (χ0v) is 10.2. The van der Waals surface area contributed by atoms with Crippen molar-refractivity contribution >= 4 is 34.5 Å². The number of carboxylic acid groups (broad SMARTS) is 1. The Labute approximate surface area is 102 Å². The predicted molar refractivity (Wildman–Crippen MR) is 66.1 cm³/mol. The molecule has 0 radical (unpaired) electrons. The number of rotatable bonds is 4. The maximum Gasteiger partial charge on any atom is 0.328 e. The van der Waals surface area contributed by atoms with E-state index in [1.54, 1.807) is 0 Å². The van der Waals surface area contributed by atoms with Crippen LogP contribution < -0.4 is 10.6 Å². The summed E-state index contributed by atoms with van der Waals surface area (Å²) in [5.41, 5.74) is 0. The van der Waals surface area contributed by atoms with Gasteiger partial charge in [-0.25, -0.2) is 14.6 Å². The minimum absolute atomic E-state index is 0.0429. The Morgan fingerprint density at radius 1 is 1.53 bits per heavy atom. The van der Waals surface area contributed by atoms with Crippen LogP contribution in [-0.2, 0) is 4.79 Å². The summed E-state index contributed by atoms with van der Waals surface area (Å²) in [4.78, 5) is 26.2. The van der Waals surface area contributed by atoms with E-state index in [0.717, 1.165) is 6.08 Å². The Bertz CT molecular complexity index is 440. The van der Waals surface area contributed by atoms with Gasteiger partial charge in [0.2, 0.25) is 0 Å². The normalized spacial score (nSPS) is 10.8. The van der Waals surface area contributed by atoms with E-state index >= 15 is 0 Å². The molecule has 6 nitrogen and oxygen atoms in total. The van der Waals surface area contributed by atoms with E-state index in [1.165, 1.54) is 23.6 Å². The number of hydrogen-bond donors (Lipinski definition) is 3. The van der Waals surface area contributed by atoms with Crippen molar-refractivity contribution in [1.29, 1.82) is 0 Å². The van der Waals surface area contributed by atoms with Gasteiger partial charge in [0.1, 0.15) is 0 Å². The molecule has 0 saturated heterocycles. The van der Waals surface area contributed by atoms with E-state index in [1.807, 2.05) is 13.8 Å². The van der Waals surface area contributed by atoms with Gasteiger partial charge in [-0.15, -0.1) is 0 Å². The van der Waals surface area contributed by atoms with Crippen LogP contribution in [0, 0.1) is 0 Å². The van der Waals surface area contributed by atoms with Gasteiger partial charge in [-0.1, -0.05) is 11.3 Å². The number of carboxylic acids is 1. The Morgan fingerprint density at radius 2 is 2.24 bits per heavy atom. The average Bonchev–Trinajstić information content (AvgIpc) is 2.61. The summed E-state index contributed by atoms with van der Waals surface area (Å²) in [5, 5.41) is 14.1. The lowest BCUT2D eigenvalue weighted by Gasteiger charge is -2.07. The van der Waals surface area contributed by atoms with Crippen LogP contribution in [0.4, 0.5) is 9.93 Å². The number of carbonyl (C=O) groups is 2. The van der Waals surface area contributed by atoms with Gasteiger partial charge in [0.25, 0.3) is 0 Å². The molecule has 1 rings (SSSR count). The number of nitrogens with zero attached hydrogens (tertiary/aromatic N) is 1. The van der Waals surface area contributed by atoms with Crippen molar-refractivity contribution in [2.75, 3.05) is 5.32 Å². The molecule has 2 amide bonds. The predicted octanol–water partition coefficient (Wildman–Crippen LogP) is 1.77. The van der Waals surface area contributed by atoms with Gasteiger partial charge in [0, 0.05) is 23.2 Å². The first-order valence-corrected chi connectivity index (χ1v) is 5.73. The van der Waals surface area contributed by atoms with E-state index in [4.69, 9.17) is 5.11 Å². The lowest BCUT2D eigenvalue weighted by molar-refractivity contribution is -0.131. The molecular weight excluding hydrogens is 242 g/mol. The van der Waals surface area contributed by atoms with Gasteiger partial charge in [0.05, 0.1) is 0 Å². The van der Waals surface area contributed by atoms with Gasteiger partial charge in [0.15, 0.2) is 5.13 Å². The number of carbonyl (C=O) groups excluding carboxylic acids is 1. The van der Waals surface area contributed by atoms with Gasteiger partial charge >= 0.3 is 12.0 Å². The highest BCUT2D eigenvalue weighted by Crippen LogP contribution is 2.19. The minimum Gasteiger partial charge on any atom is -0.478 e. The van der Waals surface area contributed by atoms with Crippen LogP contribution in [0.2, 0.25) is 0 Å². The lowest BCUT2D eigenvalue weighted by Crippen LogP contribution is -2.34. The summed E-state index contributed by atoms with van der Waals surface area (Å²) in [6.45, 7) is 3.70. The summed E-state index contributed by atoms with van der Waals surface area (Å²) < 4.78 is 0. The quantitative estimate of drug-likeness (QED) is 0.715. The molecule has 0 aliphatic heterocycles. The first-order chi connectivity index (χ1) is 7.97. The highest BCUT2D eigenvalue weighted by molar-refractivity contribution is 7.16. The number of aromatic nitrogens is 1. The number of nitrogens with one attached hydrogen (secondary N) is 2. The number of amides is 2. The van der Waals surface area contributed by atoms with Crippen molar-refractivity contribution in [2.45, 2.75) is 19.9 Å². The molecule has 0 fully saturated rings. The maximum absolute atomic E-state index is 11.3. The average molecular weight is 255 g/mol. The fourth-order valence-corrected chi connectivity index (χ4v) is 1.68. The molecular formula is C10H13N3O3S. The monoisotopic (exact) mass is 255 g/mol. The molecule has 0 bridgehead atoms. The fraction of sp³-hybridized carbons (Fsp3) is 0.300. The third-order valence-electron chi connectivity index (χ3n) is 1.55. The van der Waals surface area contributed by atoms with Gasteiger partial charge < -0.3 is 10.4 Å². The van der Waals surface area contributed by atoms with Crippen LogP contribution in [0.3, 0.4) is 0 Å². The highest BCUT2D eigenvalue weighted by atomic mass is 32.1. The number of urea groups is 1. The molecule has 1 aromatic rings. The molecule has 0 aromatic carbocycles. The fourth-order valence-electron chi connectivity index (χ4n) is 0.970. The second-order valence-corrected chi connectivity index (χ2v) is 4.55. The van der Waals surface area contributed by atoms with E-state index in [9.17, 15) is 9.59 Å². The van der Waals surface area contributed by atoms with Crippen LogP contribution in [0.15, 0.2) is 12.3 Å². The van der Waals surface area contributed by atoms with Crippen LogP contribution in [0.1, 0.15) is 18.7 Å². The van der Waals surface area contributed by atoms with Crippen molar-refractivity contribution in [3.05, 3.63) is 17.2 Å². The molecule has 0 aliphatic carbocycles. The highest BCUT2D eigenvalue weighted by Gasteiger charge is 2.06. The standard InChI is InChI=1S/C10H13N3O3S/c1-6(2)12-9(16)13-10-11-5-7(17-10)3-4-8(14)15/h3-6H,1-2H3,(H,14,15)(H2,11,12,13,16)/b4-3+. The van der Waals surface area contributed by atoms with Gasteiger partial charge in [-0.05, 0) is 19.9 Å². The smallest absolute Gasteiger partial charge is 0.328 e. The third kappa shape index (κ3) is 5.12. The Hall–Kier alpha value is -1.89. The van der Waals surface area contributed by atoms with Crippen molar-refractivity contribution in [3.8, 4) is 0 Å². The molecule has 0 unspecified atom stereocenters. The van der Waals surface area contributed by atoms with Crippen LogP contribution in [0.5, 0.6) is 0 Å². The Morgan fingerprint density at radius 3 is 2.82 bits per heavy atom. The lowest BCUT2D eigenvalue weighted by atomic mass is 10.4. The number of thiazole rings is 1. The molecule has 92 valence electrons. The maximum atomic E-state index is 11.3. The van der Waals surface area contributed by atoms with E-state index in [2.05, 4.69) is 15.6 Å². The van der Waals surface area contributed by atoms with Crippen molar-refractivity contribution in [3.63, 3.8) is 0 Å². The molecule has 0 aliphatic rings. The zero-order valence-electron chi connectivity index (χ0n) is 9.43. The van der Waals surface area contributed by atoms with E-state index < -0.39 is 5.97 Å². The number of anilines is 1. The topological polar surface area (TPSA) is 91.3 Å². The second-order valence-electron chi connectivity index (χ2n) is 3.49. The van der Waals surface area contributed by atoms with Crippen molar-refractivity contribution in [1.82, 2.24) is 10.3 Å². The van der Waals surface area contributed by atoms with Crippen LogP contribution in [-0.4, -0.2) is 28.1 Å². The molecule has 1 heterocycles. The van der Waals surface area contributed by atoms with Gasteiger partial charge in [-0.3, -0.25) is 5.32 Å². The van der Waals surface area contributed by atoms with E-state index in [0.29, 0.717) is 10.0 Å². The first kappa shape index (κ1) is 13.2. The van der Waals surface area contributed by atoms with Gasteiger partial charge in [-0.2, -0.15) is 0 Å². The summed E-state index contributed by atoms with van der Waals surface area (Å²) in [6, 6.07) is -0.288. The van der Waals surface area contributed by atoms with Crippen LogP contribution >= 0.6 is 11.3 Å². The molecule has 0 saturated carbocycles. The van der Waals surface area contributed by atoms with Crippen molar-refractivity contribution in [2.24, 2.45) is 0 Å². The second kappa shape index (κ2) is 6.00. The SMILES string of the molecule is CC(C)NC(=O)Nc1ncc(/C=C/C(=O)O)s1.